The predicted octanol–water partition coefficient (Wildman–Crippen LogP) is 2.39. The fourth-order valence-corrected chi connectivity index (χ4v) is 4.54. The van der Waals surface area contributed by atoms with Gasteiger partial charge in [-0.2, -0.15) is 11.8 Å². The Balaban J connectivity index is 1.61. The molecular formula is C14H25N3OS2. The van der Waals surface area contributed by atoms with Gasteiger partial charge in [-0.3, -0.25) is 0 Å². The molecule has 2 heterocycles. The first-order chi connectivity index (χ1) is 9.88. The average molecular weight is 316 g/mol. The van der Waals surface area contributed by atoms with Crippen molar-refractivity contribution in [3.8, 4) is 0 Å². The third-order valence-electron chi connectivity index (χ3n) is 3.54. The molecule has 1 aliphatic rings. The molecule has 1 aromatic rings. The number of nitrogens with one attached hydrogen (secondary N) is 1. The van der Waals surface area contributed by atoms with E-state index in [1.54, 1.807) is 7.11 Å². The lowest BCUT2D eigenvalue weighted by Crippen LogP contribution is -2.20. The molecule has 1 fully saturated rings. The minimum absolute atomic E-state index is 0.780. The number of aromatic nitrogens is 2. The number of aryl methyl sites for hydroxylation is 1. The van der Waals surface area contributed by atoms with Gasteiger partial charge >= 0.3 is 0 Å². The normalized spacial score (nSPS) is 16.6. The molecule has 0 bridgehead atoms. The van der Waals surface area contributed by atoms with Crippen molar-refractivity contribution in [2.45, 2.75) is 32.1 Å². The minimum Gasteiger partial charge on any atom is -0.383 e. The summed E-state index contributed by atoms with van der Waals surface area (Å²) in [6, 6.07) is 0. The Kier molecular flexibility index (Phi) is 7.87. The van der Waals surface area contributed by atoms with Gasteiger partial charge in [-0.15, -0.1) is 21.5 Å². The van der Waals surface area contributed by atoms with Gasteiger partial charge < -0.3 is 10.1 Å². The molecule has 0 aliphatic carbocycles. The third-order valence-corrected chi connectivity index (χ3v) is 5.59. The van der Waals surface area contributed by atoms with Crippen molar-refractivity contribution >= 4 is 23.1 Å². The molecule has 2 rings (SSSR count). The second-order valence-electron chi connectivity index (χ2n) is 5.20. The second kappa shape index (κ2) is 9.71. The van der Waals surface area contributed by atoms with Crippen molar-refractivity contribution < 1.29 is 4.74 Å². The molecular weight excluding hydrogens is 290 g/mol. The van der Waals surface area contributed by atoms with Gasteiger partial charge in [-0.05, 0) is 43.2 Å². The van der Waals surface area contributed by atoms with Crippen LogP contribution in [-0.2, 0) is 17.6 Å². The van der Waals surface area contributed by atoms with Gasteiger partial charge in [0.2, 0.25) is 0 Å². The van der Waals surface area contributed by atoms with Crippen molar-refractivity contribution in [3.05, 3.63) is 10.0 Å². The van der Waals surface area contributed by atoms with Gasteiger partial charge in [-0.25, -0.2) is 0 Å². The highest BCUT2D eigenvalue weighted by molar-refractivity contribution is 7.99. The summed E-state index contributed by atoms with van der Waals surface area (Å²) in [6.07, 6.45) is 6.01. The lowest BCUT2D eigenvalue weighted by molar-refractivity contribution is 0.199. The summed E-state index contributed by atoms with van der Waals surface area (Å²) >= 11 is 3.90. The van der Waals surface area contributed by atoms with Crippen LogP contribution in [0, 0.1) is 5.92 Å². The van der Waals surface area contributed by atoms with E-state index in [2.05, 4.69) is 27.3 Å². The summed E-state index contributed by atoms with van der Waals surface area (Å²) in [5.41, 5.74) is 0. The highest BCUT2D eigenvalue weighted by Gasteiger charge is 2.16. The molecule has 20 heavy (non-hydrogen) atoms. The molecule has 0 spiro atoms. The number of hydrogen-bond donors (Lipinski definition) is 1. The Morgan fingerprint density at radius 3 is 2.80 bits per heavy atom. The lowest BCUT2D eigenvalue weighted by atomic mass is 9.99. The summed E-state index contributed by atoms with van der Waals surface area (Å²) in [5.74, 6) is 3.49. The van der Waals surface area contributed by atoms with E-state index in [0.717, 1.165) is 44.9 Å². The van der Waals surface area contributed by atoms with Crippen LogP contribution in [0.3, 0.4) is 0 Å². The van der Waals surface area contributed by atoms with Gasteiger partial charge in [-0.1, -0.05) is 0 Å². The monoisotopic (exact) mass is 315 g/mol. The smallest absolute Gasteiger partial charge is 0.117 e. The van der Waals surface area contributed by atoms with Crippen LogP contribution in [0.1, 0.15) is 29.3 Å². The quantitative estimate of drug-likeness (QED) is 0.709. The molecule has 0 unspecified atom stereocenters. The molecule has 0 amide bonds. The van der Waals surface area contributed by atoms with Gasteiger partial charge in [0.15, 0.2) is 0 Å². The van der Waals surface area contributed by atoms with Gasteiger partial charge in [0.05, 0.1) is 6.61 Å². The van der Waals surface area contributed by atoms with Crippen LogP contribution in [0.15, 0.2) is 0 Å². The fraction of sp³-hybridized carbons (Fsp3) is 0.857. The number of rotatable bonds is 9. The zero-order chi connectivity index (χ0) is 14.0. The number of thioether (sulfide) groups is 1. The molecule has 0 aromatic carbocycles. The van der Waals surface area contributed by atoms with E-state index in [1.807, 2.05) is 11.3 Å². The van der Waals surface area contributed by atoms with Gasteiger partial charge in [0, 0.05) is 26.5 Å². The van der Waals surface area contributed by atoms with Crippen molar-refractivity contribution in [1.29, 1.82) is 0 Å². The Morgan fingerprint density at radius 2 is 2.00 bits per heavy atom. The highest BCUT2D eigenvalue weighted by Crippen LogP contribution is 2.26. The summed E-state index contributed by atoms with van der Waals surface area (Å²) in [4.78, 5) is 0. The second-order valence-corrected chi connectivity index (χ2v) is 7.57. The van der Waals surface area contributed by atoms with Gasteiger partial charge in [0.25, 0.3) is 0 Å². The van der Waals surface area contributed by atoms with E-state index in [-0.39, 0.29) is 0 Å². The number of hydrogen-bond acceptors (Lipinski definition) is 6. The fourth-order valence-electron chi connectivity index (χ4n) is 2.33. The molecule has 1 aromatic heterocycles. The zero-order valence-corrected chi connectivity index (χ0v) is 13.9. The molecule has 0 atom stereocenters. The van der Waals surface area contributed by atoms with Crippen LogP contribution in [0.2, 0.25) is 0 Å². The van der Waals surface area contributed by atoms with Crippen molar-refractivity contribution in [2.75, 3.05) is 38.3 Å². The van der Waals surface area contributed by atoms with Crippen LogP contribution in [0.25, 0.3) is 0 Å². The van der Waals surface area contributed by atoms with Crippen LogP contribution >= 0.6 is 23.1 Å². The molecule has 0 saturated carbocycles. The first-order valence-corrected chi connectivity index (χ1v) is 9.44. The molecule has 114 valence electrons. The Bertz CT molecular complexity index is 367. The van der Waals surface area contributed by atoms with E-state index >= 15 is 0 Å². The molecule has 1 N–H and O–H groups in total. The predicted molar refractivity (Wildman–Crippen MR) is 86.7 cm³/mol. The third kappa shape index (κ3) is 6.08. The Morgan fingerprint density at radius 1 is 1.20 bits per heavy atom. The van der Waals surface area contributed by atoms with E-state index in [4.69, 9.17) is 4.74 Å². The number of methoxy groups -OCH3 is 1. The topological polar surface area (TPSA) is 47.0 Å². The summed E-state index contributed by atoms with van der Waals surface area (Å²) in [6.45, 7) is 2.73. The Labute approximate surface area is 130 Å². The number of ether oxygens (including phenoxy) is 1. The zero-order valence-electron chi connectivity index (χ0n) is 12.3. The van der Waals surface area contributed by atoms with Crippen molar-refractivity contribution in [1.82, 2.24) is 15.5 Å². The van der Waals surface area contributed by atoms with E-state index in [9.17, 15) is 0 Å². The number of nitrogens with zero attached hydrogens (tertiary/aromatic N) is 2. The van der Waals surface area contributed by atoms with E-state index in [1.165, 1.54) is 34.4 Å². The first-order valence-electron chi connectivity index (χ1n) is 7.47. The van der Waals surface area contributed by atoms with Crippen molar-refractivity contribution in [2.24, 2.45) is 5.92 Å². The summed E-state index contributed by atoms with van der Waals surface area (Å²) in [5, 5.41) is 14.5. The SMILES string of the molecule is COCCNCCCc1nnc(CC2CCSCC2)s1. The van der Waals surface area contributed by atoms with E-state index < -0.39 is 0 Å². The average Bonchev–Trinajstić information content (AvgIpc) is 2.91. The summed E-state index contributed by atoms with van der Waals surface area (Å²) in [7, 11) is 1.73. The van der Waals surface area contributed by atoms with Crippen molar-refractivity contribution in [3.63, 3.8) is 0 Å². The molecule has 4 nitrogen and oxygen atoms in total. The largest absolute Gasteiger partial charge is 0.383 e. The van der Waals surface area contributed by atoms with Crippen LogP contribution < -0.4 is 5.32 Å². The van der Waals surface area contributed by atoms with E-state index in [0.29, 0.717) is 0 Å². The standard InChI is InChI=1S/C14H25N3OS2/c1-18-8-7-15-6-2-3-13-16-17-14(20-13)11-12-4-9-19-10-5-12/h12,15H,2-11H2,1H3. The van der Waals surface area contributed by atoms with Crippen LogP contribution in [-0.4, -0.2) is 48.5 Å². The van der Waals surface area contributed by atoms with Crippen LogP contribution in [0.4, 0.5) is 0 Å². The minimum atomic E-state index is 0.780. The summed E-state index contributed by atoms with van der Waals surface area (Å²) < 4.78 is 5.00. The maximum Gasteiger partial charge on any atom is 0.117 e. The lowest BCUT2D eigenvalue weighted by Gasteiger charge is -2.19. The Hall–Kier alpha value is -0.170. The molecule has 6 heteroatoms. The van der Waals surface area contributed by atoms with Gasteiger partial charge in [0.1, 0.15) is 10.0 Å². The van der Waals surface area contributed by atoms with Crippen LogP contribution in [0.5, 0.6) is 0 Å². The highest BCUT2D eigenvalue weighted by atomic mass is 32.2. The molecule has 0 radical (unpaired) electrons. The molecule has 1 saturated heterocycles. The molecule has 1 aliphatic heterocycles. The maximum absolute atomic E-state index is 5.00. The first kappa shape index (κ1) is 16.2. The maximum atomic E-state index is 5.00.